The van der Waals surface area contributed by atoms with Gasteiger partial charge < -0.3 is 10.1 Å². The minimum atomic E-state index is 0.365. The van der Waals surface area contributed by atoms with Crippen molar-refractivity contribution in [1.82, 2.24) is 4.98 Å². The molecule has 78 valence electrons. The number of aromatic nitrogens is 1. The van der Waals surface area contributed by atoms with Crippen molar-refractivity contribution >= 4 is 5.69 Å². The topological polar surface area (TPSA) is 57.9 Å². The molecule has 2 rings (SSSR count). The van der Waals surface area contributed by atoms with Gasteiger partial charge in [-0.25, -0.2) is 0 Å². The molecule has 0 unspecified atom stereocenters. The lowest BCUT2D eigenvalue weighted by Crippen LogP contribution is -2.40. The molecule has 1 heterocycles. The fraction of sp³-hybridized carbons (Fsp3) is 0.455. The van der Waals surface area contributed by atoms with Crippen LogP contribution in [0.5, 0.6) is 0 Å². The van der Waals surface area contributed by atoms with E-state index in [1.165, 1.54) is 0 Å². The summed E-state index contributed by atoms with van der Waals surface area (Å²) in [7, 11) is 1.73. The number of anilines is 1. The monoisotopic (exact) mass is 203 g/mol. The first-order valence-electron chi connectivity index (χ1n) is 4.97. The Labute approximate surface area is 88.9 Å². The van der Waals surface area contributed by atoms with Crippen LogP contribution in [0.25, 0.3) is 0 Å². The van der Waals surface area contributed by atoms with Crippen LogP contribution < -0.4 is 5.32 Å². The van der Waals surface area contributed by atoms with E-state index in [-0.39, 0.29) is 0 Å². The Balaban J connectivity index is 1.97. The van der Waals surface area contributed by atoms with Crippen molar-refractivity contribution in [2.24, 2.45) is 0 Å². The van der Waals surface area contributed by atoms with E-state index < -0.39 is 0 Å². The van der Waals surface area contributed by atoms with Gasteiger partial charge in [0.05, 0.1) is 23.6 Å². The Kier molecular flexibility index (Phi) is 2.84. The maximum Gasteiger partial charge on any atom is 0.101 e. The molecular formula is C11H13N3O. The Bertz CT molecular complexity index is 380. The van der Waals surface area contributed by atoms with E-state index in [0.29, 0.717) is 17.7 Å². The fourth-order valence-electron chi connectivity index (χ4n) is 1.70. The highest BCUT2D eigenvalue weighted by Gasteiger charge is 2.29. The molecule has 0 amide bonds. The average Bonchev–Trinajstić information content (AvgIpc) is 2.23. The quantitative estimate of drug-likeness (QED) is 0.809. The molecule has 4 heteroatoms. The van der Waals surface area contributed by atoms with Gasteiger partial charge in [-0.05, 0) is 18.9 Å². The van der Waals surface area contributed by atoms with Gasteiger partial charge in [-0.1, -0.05) is 0 Å². The van der Waals surface area contributed by atoms with Crippen LogP contribution in [-0.4, -0.2) is 24.2 Å². The number of hydrogen-bond acceptors (Lipinski definition) is 4. The number of hydrogen-bond donors (Lipinski definition) is 1. The standard InChI is InChI=1S/C11H13N3O/c1-15-10-4-9(5-10)14-11-7-13-3-2-8(11)6-12/h2-3,7,9-10,14H,4-5H2,1H3. The summed E-state index contributed by atoms with van der Waals surface area (Å²) in [5, 5.41) is 12.2. The number of rotatable bonds is 3. The summed E-state index contributed by atoms with van der Waals surface area (Å²) in [6.45, 7) is 0. The third-order valence-corrected chi connectivity index (χ3v) is 2.73. The van der Waals surface area contributed by atoms with Gasteiger partial charge in [0.25, 0.3) is 0 Å². The molecule has 0 bridgehead atoms. The van der Waals surface area contributed by atoms with Gasteiger partial charge in [0.1, 0.15) is 6.07 Å². The molecule has 1 N–H and O–H groups in total. The summed E-state index contributed by atoms with van der Waals surface area (Å²) < 4.78 is 5.19. The molecule has 15 heavy (non-hydrogen) atoms. The zero-order valence-corrected chi connectivity index (χ0v) is 8.60. The highest BCUT2D eigenvalue weighted by molar-refractivity contribution is 5.56. The third-order valence-electron chi connectivity index (χ3n) is 2.73. The predicted octanol–water partition coefficient (Wildman–Crippen LogP) is 1.54. The number of pyridine rings is 1. The molecule has 0 atom stereocenters. The van der Waals surface area contributed by atoms with Crippen molar-refractivity contribution in [1.29, 1.82) is 5.26 Å². The lowest BCUT2D eigenvalue weighted by atomic mass is 9.89. The van der Waals surface area contributed by atoms with Crippen molar-refractivity contribution in [3.63, 3.8) is 0 Å². The van der Waals surface area contributed by atoms with Crippen molar-refractivity contribution in [2.75, 3.05) is 12.4 Å². The number of ether oxygens (including phenoxy) is 1. The van der Waals surface area contributed by atoms with Crippen molar-refractivity contribution in [3.05, 3.63) is 24.0 Å². The molecular weight excluding hydrogens is 190 g/mol. The highest BCUT2D eigenvalue weighted by atomic mass is 16.5. The number of nitrogens with zero attached hydrogens (tertiary/aromatic N) is 2. The average molecular weight is 203 g/mol. The minimum Gasteiger partial charge on any atom is -0.381 e. The van der Waals surface area contributed by atoms with Crippen LogP contribution in [0.4, 0.5) is 5.69 Å². The van der Waals surface area contributed by atoms with E-state index in [9.17, 15) is 0 Å². The molecule has 1 fully saturated rings. The van der Waals surface area contributed by atoms with Crippen LogP contribution >= 0.6 is 0 Å². The predicted molar refractivity (Wildman–Crippen MR) is 56.4 cm³/mol. The molecule has 1 aliphatic rings. The van der Waals surface area contributed by atoms with Gasteiger partial charge in [0.2, 0.25) is 0 Å². The van der Waals surface area contributed by atoms with Crippen LogP contribution in [-0.2, 0) is 4.74 Å². The first kappa shape index (κ1) is 9.94. The smallest absolute Gasteiger partial charge is 0.101 e. The maximum absolute atomic E-state index is 8.88. The van der Waals surface area contributed by atoms with Crippen molar-refractivity contribution in [3.8, 4) is 6.07 Å². The molecule has 0 radical (unpaired) electrons. The number of nitrogens with one attached hydrogen (secondary N) is 1. The largest absolute Gasteiger partial charge is 0.381 e. The van der Waals surface area contributed by atoms with E-state index in [2.05, 4.69) is 16.4 Å². The lowest BCUT2D eigenvalue weighted by Gasteiger charge is -2.35. The van der Waals surface area contributed by atoms with E-state index in [4.69, 9.17) is 10.00 Å². The molecule has 1 saturated carbocycles. The van der Waals surface area contributed by atoms with Crippen LogP contribution in [0, 0.1) is 11.3 Å². The normalized spacial score (nSPS) is 24.0. The summed E-state index contributed by atoms with van der Waals surface area (Å²) in [6.07, 6.45) is 5.68. The first-order chi connectivity index (χ1) is 7.33. The summed E-state index contributed by atoms with van der Waals surface area (Å²) in [6, 6.07) is 4.27. The van der Waals surface area contributed by atoms with Gasteiger partial charge in [-0.3, -0.25) is 4.98 Å². The molecule has 0 aliphatic heterocycles. The molecule has 0 spiro atoms. The summed E-state index contributed by atoms with van der Waals surface area (Å²) in [4.78, 5) is 4.00. The van der Waals surface area contributed by atoms with E-state index in [0.717, 1.165) is 18.5 Å². The van der Waals surface area contributed by atoms with Gasteiger partial charge >= 0.3 is 0 Å². The first-order valence-corrected chi connectivity index (χ1v) is 4.97. The molecule has 0 saturated heterocycles. The fourth-order valence-corrected chi connectivity index (χ4v) is 1.70. The Morgan fingerprint density at radius 1 is 1.60 bits per heavy atom. The van der Waals surface area contributed by atoms with Gasteiger partial charge in [0.15, 0.2) is 0 Å². The molecule has 0 aromatic carbocycles. The molecule has 4 nitrogen and oxygen atoms in total. The SMILES string of the molecule is COC1CC(Nc2cnccc2C#N)C1. The molecule has 1 aromatic rings. The summed E-state index contributed by atoms with van der Waals surface area (Å²) in [5.74, 6) is 0. The van der Waals surface area contributed by atoms with Gasteiger partial charge in [0, 0.05) is 19.3 Å². The van der Waals surface area contributed by atoms with E-state index >= 15 is 0 Å². The number of methoxy groups -OCH3 is 1. The molecule has 1 aromatic heterocycles. The summed E-state index contributed by atoms with van der Waals surface area (Å²) in [5.41, 5.74) is 1.46. The number of nitriles is 1. The van der Waals surface area contributed by atoms with Crippen molar-refractivity contribution in [2.45, 2.75) is 25.0 Å². The Hall–Kier alpha value is -1.60. The Morgan fingerprint density at radius 2 is 2.40 bits per heavy atom. The van der Waals surface area contributed by atoms with Crippen LogP contribution in [0.15, 0.2) is 18.5 Å². The summed E-state index contributed by atoms with van der Waals surface area (Å²) >= 11 is 0. The third kappa shape index (κ3) is 2.08. The lowest BCUT2D eigenvalue weighted by molar-refractivity contribution is 0.0328. The van der Waals surface area contributed by atoms with Crippen LogP contribution in [0.2, 0.25) is 0 Å². The van der Waals surface area contributed by atoms with Crippen LogP contribution in [0.1, 0.15) is 18.4 Å². The van der Waals surface area contributed by atoms with Crippen LogP contribution in [0.3, 0.4) is 0 Å². The second-order valence-electron chi connectivity index (χ2n) is 3.70. The van der Waals surface area contributed by atoms with E-state index in [1.54, 1.807) is 25.6 Å². The molecule has 1 aliphatic carbocycles. The minimum absolute atomic E-state index is 0.365. The zero-order valence-electron chi connectivity index (χ0n) is 8.60. The maximum atomic E-state index is 8.88. The Morgan fingerprint density at radius 3 is 3.07 bits per heavy atom. The zero-order chi connectivity index (χ0) is 10.7. The van der Waals surface area contributed by atoms with Gasteiger partial charge in [-0.2, -0.15) is 5.26 Å². The second-order valence-corrected chi connectivity index (χ2v) is 3.70. The second kappa shape index (κ2) is 4.28. The highest BCUT2D eigenvalue weighted by Crippen LogP contribution is 2.27. The van der Waals surface area contributed by atoms with E-state index in [1.807, 2.05) is 0 Å². The van der Waals surface area contributed by atoms with Gasteiger partial charge in [-0.15, -0.1) is 0 Å². The van der Waals surface area contributed by atoms with Crippen molar-refractivity contribution < 1.29 is 4.74 Å².